The largest absolute Gasteiger partial charge is 0.372 e. The first-order valence-electron chi connectivity index (χ1n) is 5.59. The van der Waals surface area contributed by atoms with Crippen LogP contribution in [0.25, 0.3) is 0 Å². The summed E-state index contributed by atoms with van der Waals surface area (Å²) in [5.41, 5.74) is 1.01. The van der Waals surface area contributed by atoms with E-state index in [0.29, 0.717) is 13.2 Å². The van der Waals surface area contributed by atoms with Crippen LogP contribution < -0.4 is 5.32 Å². The third-order valence-electron chi connectivity index (χ3n) is 2.45. The monoisotopic (exact) mass is 242 g/mol. The van der Waals surface area contributed by atoms with Gasteiger partial charge in [-0.1, -0.05) is 0 Å². The summed E-state index contributed by atoms with van der Waals surface area (Å²) in [5, 5.41) is 6.44. The molecule has 0 aromatic carbocycles. The summed E-state index contributed by atoms with van der Waals surface area (Å²) in [7, 11) is 0. The molecule has 1 fully saturated rings. The highest BCUT2D eigenvalue weighted by Gasteiger charge is 2.18. The number of hydrogen-bond acceptors (Lipinski definition) is 5. The second kappa shape index (κ2) is 5.72. The van der Waals surface area contributed by atoms with Gasteiger partial charge in [0.05, 0.1) is 36.1 Å². The minimum absolute atomic E-state index is 0.170. The van der Waals surface area contributed by atoms with Crippen molar-refractivity contribution in [2.45, 2.75) is 32.7 Å². The van der Waals surface area contributed by atoms with Gasteiger partial charge in [-0.2, -0.15) is 0 Å². The number of aryl methyl sites for hydroxylation is 1. The van der Waals surface area contributed by atoms with Gasteiger partial charge >= 0.3 is 0 Å². The maximum Gasteiger partial charge on any atom is 0.0936 e. The predicted molar refractivity (Wildman–Crippen MR) is 63.7 cm³/mol. The minimum Gasteiger partial charge on any atom is -0.372 e. The number of aromatic nitrogens is 1. The molecule has 0 bridgehead atoms. The summed E-state index contributed by atoms with van der Waals surface area (Å²) >= 11 is 1.66. The predicted octanol–water partition coefficient (Wildman–Crippen LogP) is 1.35. The van der Waals surface area contributed by atoms with Gasteiger partial charge in [-0.3, -0.25) is 0 Å². The molecule has 0 saturated carbocycles. The summed E-state index contributed by atoms with van der Waals surface area (Å²) in [6, 6.07) is 0. The van der Waals surface area contributed by atoms with E-state index < -0.39 is 0 Å². The van der Waals surface area contributed by atoms with E-state index in [4.69, 9.17) is 9.47 Å². The Morgan fingerprint density at radius 1 is 1.62 bits per heavy atom. The van der Waals surface area contributed by atoms with E-state index >= 15 is 0 Å². The Morgan fingerprint density at radius 2 is 2.50 bits per heavy atom. The minimum atomic E-state index is 0.170. The van der Waals surface area contributed by atoms with Gasteiger partial charge in [0.25, 0.3) is 0 Å². The van der Waals surface area contributed by atoms with Crippen molar-refractivity contribution in [3.63, 3.8) is 0 Å². The average molecular weight is 242 g/mol. The molecule has 90 valence electrons. The number of hydrogen-bond donors (Lipinski definition) is 1. The maximum atomic E-state index is 5.72. The second-order valence-electron chi connectivity index (χ2n) is 4.10. The first kappa shape index (κ1) is 12.0. The van der Waals surface area contributed by atoms with E-state index in [-0.39, 0.29) is 12.2 Å². The van der Waals surface area contributed by atoms with Crippen molar-refractivity contribution in [3.05, 3.63) is 16.1 Å². The van der Waals surface area contributed by atoms with E-state index in [1.54, 1.807) is 11.3 Å². The Bertz CT molecular complexity index is 330. The Morgan fingerprint density at radius 3 is 3.19 bits per heavy atom. The lowest BCUT2D eigenvalue weighted by Gasteiger charge is -2.28. The van der Waals surface area contributed by atoms with Crippen LogP contribution in [0.1, 0.15) is 17.6 Å². The normalized spacial score (nSPS) is 25.9. The third kappa shape index (κ3) is 3.52. The van der Waals surface area contributed by atoms with Crippen molar-refractivity contribution >= 4 is 11.3 Å². The van der Waals surface area contributed by atoms with E-state index in [1.807, 2.05) is 12.3 Å². The fourth-order valence-electron chi connectivity index (χ4n) is 1.74. The van der Waals surface area contributed by atoms with Crippen LogP contribution in [-0.2, 0) is 16.1 Å². The average Bonchev–Trinajstić information content (AvgIpc) is 2.64. The van der Waals surface area contributed by atoms with Gasteiger partial charge in [0.1, 0.15) is 0 Å². The van der Waals surface area contributed by atoms with Crippen molar-refractivity contribution in [2.24, 2.45) is 0 Å². The molecule has 1 aliphatic rings. The number of nitrogens with zero attached hydrogens (tertiary/aromatic N) is 1. The molecule has 2 atom stereocenters. The molecule has 1 N–H and O–H groups in total. The molecule has 2 unspecified atom stereocenters. The summed E-state index contributed by atoms with van der Waals surface area (Å²) < 4.78 is 11.3. The van der Waals surface area contributed by atoms with Gasteiger partial charge in [0, 0.05) is 18.5 Å². The molecular formula is C11H18N2O2S. The topological polar surface area (TPSA) is 43.4 Å². The van der Waals surface area contributed by atoms with Crippen molar-refractivity contribution in [3.8, 4) is 0 Å². The standard InChI is InChI=1S/C11H18N2O2S/c1-8-3-12-4-11(15-8)6-14-5-10-7-16-9(2)13-10/h7-8,11-12H,3-6H2,1-2H3. The second-order valence-corrected chi connectivity index (χ2v) is 5.16. The first-order valence-corrected chi connectivity index (χ1v) is 6.47. The van der Waals surface area contributed by atoms with Gasteiger partial charge in [0.15, 0.2) is 0 Å². The first-order chi connectivity index (χ1) is 7.74. The van der Waals surface area contributed by atoms with Crippen molar-refractivity contribution < 1.29 is 9.47 Å². The Balaban J connectivity index is 1.67. The molecule has 0 spiro atoms. The number of rotatable bonds is 4. The van der Waals surface area contributed by atoms with Crippen molar-refractivity contribution in [1.29, 1.82) is 0 Å². The van der Waals surface area contributed by atoms with Crippen LogP contribution in [0, 0.1) is 6.92 Å². The highest BCUT2D eigenvalue weighted by molar-refractivity contribution is 7.09. The van der Waals surface area contributed by atoms with Crippen LogP contribution in [-0.4, -0.2) is 36.9 Å². The van der Waals surface area contributed by atoms with Gasteiger partial charge in [0.2, 0.25) is 0 Å². The SMILES string of the molecule is Cc1nc(COCC2CNCC(C)O2)cs1. The molecule has 4 nitrogen and oxygen atoms in total. The number of thiazole rings is 1. The van der Waals surface area contributed by atoms with Gasteiger partial charge in [-0.25, -0.2) is 4.98 Å². The zero-order chi connectivity index (χ0) is 11.4. The molecule has 0 amide bonds. The van der Waals surface area contributed by atoms with E-state index in [1.165, 1.54) is 0 Å². The summed E-state index contributed by atoms with van der Waals surface area (Å²) in [4.78, 5) is 4.35. The number of nitrogens with one attached hydrogen (secondary N) is 1. The van der Waals surface area contributed by atoms with E-state index in [2.05, 4.69) is 17.2 Å². The van der Waals surface area contributed by atoms with Crippen LogP contribution in [0.3, 0.4) is 0 Å². The van der Waals surface area contributed by atoms with E-state index in [9.17, 15) is 0 Å². The highest BCUT2D eigenvalue weighted by atomic mass is 32.1. The van der Waals surface area contributed by atoms with E-state index in [0.717, 1.165) is 23.8 Å². The molecular weight excluding hydrogens is 224 g/mol. The molecule has 2 rings (SSSR count). The smallest absolute Gasteiger partial charge is 0.0936 e. The van der Waals surface area contributed by atoms with Crippen LogP contribution in [0.4, 0.5) is 0 Å². The van der Waals surface area contributed by atoms with Gasteiger partial charge in [-0.05, 0) is 13.8 Å². The highest BCUT2D eigenvalue weighted by Crippen LogP contribution is 2.10. The van der Waals surface area contributed by atoms with Gasteiger partial charge < -0.3 is 14.8 Å². The number of ether oxygens (including phenoxy) is 2. The van der Waals surface area contributed by atoms with Crippen LogP contribution in [0.15, 0.2) is 5.38 Å². The molecule has 1 aliphatic heterocycles. The lowest BCUT2D eigenvalue weighted by atomic mass is 10.2. The van der Waals surface area contributed by atoms with Crippen LogP contribution in [0.2, 0.25) is 0 Å². The lowest BCUT2D eigenvalue weighted by Crippen LogP contribution is -2.45. The molecule has 5 heteroatoms. The number of morpholine rings is 1. The van der Waals surface area contributed by atoms with Crippen molar-refractivity contribution in [1.82, 2.24) is 10.3 Å². The third-order valence-corrected chi connectivity index (χ3v) is 3.27. The summed E-state index contributed by atoms with van der Waals surface area (Å²) in [6.07, 6.45) is 0.451. The summed E-state index contributed by atoms with van der Waals surface area (Å²) in [5.74, 6) is 0. The molecule has 0 radical (unpaired) electrons. The summed E-state index contributed by atoms with van der Waals surface area (Å²) in [6.45, 7) is 7.10. The molecule has 1 aromatic heterocycles. The fourth-order valence-corrected chi connectivity index (χ4v) is 2.34. The van der Waals surface area contributed by atoms with Crippen LogP contribution in [0.5, 0.6) is 0 Å². The van der Waals surface area contributed by atoms with Crippen molar-refractivity contribution in [2.75, 3.05) is 19.7 Å². The van der Waals surface area contributed by atoms with Gasteiger partial charge in [-0.15, -0.1) is 11.3 Å². The lowest BCUT2D eigenvalue weighted by molar-refractivity contribution is -0.0719. The fraction of sp³-hybridized carbons (Fsp3) is 0.727. The molecule has 16 heavy (non-hydrogen) atoms. The van der Waals surface area contributed by atoms with Crippen LogP contribution >= 0.6 is 11.3 Å². The maximum absolute atomic E-state index is 5.72. The zero-order valence-electron chi connectivity index (χ0n) is 9.73. The Hall–Kier alpha value is -0.490. The molecule has 1 saturated heterocycles. The molecule has 0 aliphatic carbocycles. The Labute approximate surface area is 100.0 Å². The quantitative estimate of drug-likeness (QED) is 0.865. The molecule has 2 heterocycles. The molecule has 1 aromatic rings. The zero-order valence-corrected chi connectivity index (χ0v) is 10.5. The Kier molecular flexibility index (Phi) is 4.29.